The largest absolute Gasteiger partial charge is 0.326 e. The molecular formula is C9H20ClN3OS. The van der Waals surface area contributed by atoms with Gasteiger partial charge in [-0.1, -0.05) is 0 Å². The summed E-state index contributed by atoms with van der Waals surface area (Å²) in [5, 5.41) is 3.04. The number of carbonyl (C=O) groups excluding carboxylic acids is 1. The highest BCUT2D eigenvalue weighted by atomic mass is 35.5. The maximum Gasteiger partial charge on any atom is 0.319 e. The molecule has 0 atom stereocenters. The van der Waals surface area contributed by atoms with Crippen LogP contribution in [0.4, 0.5) is 4.79 Å². The van der Waals surface area contributed by atoms with E-state index in [0.29, 0.717) is 0 Å². The molecule has 1 heterocycles. The molecule has 1 rings (SSSR count). The van der Waals surface area contributed by atoms with Gasteiger partial charge in [0.1, 0.15) is 0 Å². The first kappa shape index (κ1) is 14.9. The van der Waals surface area contributed by atoms with Gasteiger partial charge < -0.3 is 15.1 Å². The van der Waals surface area contributed by atoms with Crippen molar-refractivity contribution in [1.29, 1.82) is 0 Å². The van der Waals surface area contributed by atoms with Crippen LogP contribution in [0, 0.1) is 0 Å². The number of thioether (sulfide) groups is 1. The summed E-state index contributed by atoms with van der Waals surface area (Å²) in [7, 11) is 3.76. The fourth-order valence-corrected chi connectivity index (χ4v) is 2.27. The van der Waals surface area contributed by atoms with Crippen LogP contribution in [0.3, 0.4) is 0 Å². The van der Waals surface area contributed by atoms with Crippen LogP contribution in [0.25, 0.3) is 0 Å². The van der Waals surface area contributed by atoms with Gasteiger partial charge in [0.25, 0.3) is 0 Å². The third kappa shape index (κ3) is 4.95. The summed E-state index contributed by atoms with van der Waals surface area (Å²) in [6.07, 6.45) is 0. The first-order chi connectivity index (χ1) is 6.75. The normalized spacial score (nSPS) is 15.7. The highest BCUT2D eigenvalue weighted by Gasteiger charge is 2.19. The van der Waals surface area contributed by atoms with Crippen molar-refractivity contribution >= 4 is 30.2 Å². The van der Waals surface area contributed by atoms with E-state index in [2.05, 4.69) is 5.32 Å². The number of nitrogens with one attached hydrogen (secondary N) is 1. The van der Waals surface area contributed by atoms with Gasteiger partial charge in [-0.15, -0.1) is 12.4 Å². The van der Waals surface area contributed by atoms with Crippen LogP contribution in [0.5, 0.6) is 0 Å². The molecule has 1 fully saturated rings. The molecule has 6 heteroatoms. The van der Waals surface area contributed by atoms with E-state index in [1.165, 1.54) is 0 Å². The second-order valence-electron chi connectivity index (χ2n) is 3.41. The van der Waals surface area contributed by atoms with E-state index in [9.17, 15) is 4.79 Å². The van der Waals surface area contributed by atoms with Gasteiger partial charge in [0.15, 0.2) is 0 Å². The third-order valence-corrected chi connectivity index (χ3v) is 3.25. The Morgan fingerprint density at radius 1 is 1.47 bits per heavy atom. The van der Waals surface area contributed by atoms with E-state index in [1.54, 1.807) is 4.90 Å². The number of rotatable bonds is 3. The van der Waals surface area contributed by atoms with E-state index < -0.39 is 0 Å². The molecule has 0 saturated carbocycles. The maximum absolute atomic E-state index is 11.8. The maximum atomic E-state index is 11.8. The van der Waals surface area contributed by atoms with Gasteiger partial charge in [-0.05, 0) is 7.05 Å². The van der Waals surface area contributed by atoms with Crippen molar-refractivity contribution in [1.82, 2.24) is 15.1 Å². The smallest absolute Gasteiger partial charge is 0.319 e. The van der Waals surface area contributed by atoms with Crippen molar-refractivity contribution in [3.63, 3.8) is 0 Å². The highest BCUT2D eigenvalue weighted by Crippen LogP contribution is 2.10. The van der Waals surface area contributed by atoms with E-state index in [-0.39, 0.29) is 18.4 Å². The molecule has 0 radical (unpaired) electrons. The molecule has 0 spiro atoms. The Kier molecular flexibility index (Phi) is 8.00. The van der Waals surface area contributed by atoms with Crippen molar-refractivity contribution in [3.05, 3.63) is 0 Å². The van der Waals surface area contributed by atoms with Crippen LogP contribution in [-0.4, -0.2) is 67.6 Å². The van der Waals surface area contributed by atoms with Gasteiger partial charge in [-0.25, -0.2) is 4.79 Å². The fourth-order valence-electron chi connectivity index (χ4n) is 1.37. The molecule has 90 valence electrons. The van der Waals surface area contributed by atoms with E-state index in [0.717, 1.165) is 37.7 Å². The number of likely N-dealkylation sites (N-methyl/N-ethyl adjacent to an activating group) is 2. The number of hydrogen-bond donors (Lipinski definition) is 1. The number of hydrogen-bond acceptors (Lipinski definition) is 3. The zero-order valence-corrected chi connectivity index (χ0v) is 11.0. The van der Waals surface area contributed by atoms with Gasteiger partial charge in [0.2, 0.25) is 0 Å². The molecule has 15 heavy (non-hydrogen) atoms. The Labute approximate surface area is 102 Å². The molecule has 1 aliphatic rings. The summed E-state index contributed by atoms with van der Waals surface area (Å²) in [6, 6.07) is 0.167. The lowest BCUT2D eigenvalue weighted by atomic mass is 10.5. The van der Waals surface area contributed by atoms with Crippen LogP contribution in [0.1, 0.15) is 0 Å². The van der Waals surface area contributed by atoms with Crippen LogP contribution in [0.15, 0.2) is 0 Å². The van der Waals surface area contributed by atoms with Crippen molar-refractivity contribution in [2.75, 3.05) is 51.8 Å². The summed E-state index contributed by atoms with van der Waals surface area (Å²) in [6.45, 7) is 3.42. The standard InChI is InChI=1S/C9H19N3OS.ClH/c1-10-3-4-11(2)9(13)12-5-7-14-8-6-12;/h10H,3-8H2,1-2H3;1H. The average Bonchev–Trinajstić information content (AvgIpc) is 2.26. The SMILES string of the molecule is CNCCN(C)C(=O)N1CCSCC1.Cl. The Morgan fingerprint density at radius 3 is 2.60 bits per heavy atom. The second-order valence-corrected chi connectivity index (χ2v) is 4.63. The van der Waals surface area contributed by atoms with Gasteiger partial charge in [-0.3, -0.25) is 0 Å². The quantitative estimate of drug-likeness (QED) is 0.806. The third-order valence-electron chi connectivity index (χ3n) is 2.31. The topological polar surface area (TPSA) is 35.6 Å². The van der Waals surface area contributed by atoms with E-state index >= 15 is 0 Å². The van der Waals surface area contributed by atoms with Crippen LogP contribution in [-0.2, 0) is 0 Å². The summed E-state index contributed by atoms with van der Waals surface area (Å²) in [4.78, 5) is 15.5. The van der Waals surface area contributed by atoms with Crippen molar-refractivity contribution in [2.24, 2.45) is 0 Å². The molecule has 0 aliphatic carbocycles. The molecule has 0 aromatic rings. The molecule has 0 bridgehead atoms. The number of urea groups is 1. The molecule has 2 amide bonds. The minimum Gasteiger partial charge on any atom is -0.326 e. The predicted molar refractivity (Wildman–Crippen MR) is 68.1 cm³/mol. The lowest BCUT2D eigenvalue weighted by Crippen LogP contribution is -2.46. The zero-order chi connectivity index (χ0) is 10.4. The molecule has 0 aromatic carbocycles. The Bertz CT molecular complexity index is 188. The molecule has 0 unspecified atom stereocenters. The minimum atomic E-state index is 0. The average molecular weight is 254 g/mol. The van der Waals surface area contributed by atoms with Crippen LogP contribution < -0.4 is 5.32 Å². The number of nitrogens with zero attached hydrogens (tertiary/aromatic N) is 2. The van der Waals surface area contributed by atoms with Gasteiger partial charge in [0, 0.05) is 44.7 Å². The summed E-state index contributed by atoms with van der Waals surface area (Å²) in [5.74, 6) is 2.15. The lowest BCUT2D eigenvalue weighted by Gasteiger charge is -2.30. The number of halogens is 1. The molecular weight excluding hydrogens is 234 g/mol. The van der Waals surface area contributed by atoms with Crippen molar-refractivity contribution in [3.8, 4) is 0 Å². The number of carbonyl (C=O) groups is 1. The monoisotopic (exact) mass is 253 g/mol. The van der Waals surface area contributed by atoms with Crippen LogP contribution >= 0.6 is 24.2 Å². The zero-order valence-electron chi connectivity index (χ0n) is 9.36. The molecule has 0 aromatic heterocycles. The van der Waals surface area contributed by atoms with Crippen molar-refractivity contribution < 1.29 is 4.79 Å². The van der Waals surface area contributed by atoms with E-state index in [1.807, 2.05) is 30.8 Å². The summed E-state index contributed by atoms with van der Waals surface area (Å²) >= 11 is 1.92. The van der Waals surface area contributed by atoms with Crippen molar-refractivity contribution in [2.45, 2.75) is 0 Å². The Hall–Kier alpha value is -0.130. The summed E-state index contributed by atoms with van der Waals surface area (Å²) in [5.41, 5.74) is 0. The predicted octanol–water partition coefficient (Wildman–Crippen LogP) is 0.728. The highest BCUT2D eigenvalue weighted by molar-refractivity contribution is 7.99. The Morgan fingerprint density at radius 2 is 2.07 bits per heavy atom. The van der Waals surface area contributed by atoms with E-state index in [4.69, 9.17) is 0 Å². The molecule has 1 aliphatic heterocycles. The van der Waals surface area contributed by atoms with Crippen LogP contribution in [0.2, 0.25) is 0 Å². The molecule has 4 nitrogen and oxygen atoms in total. The van der Waals surface area contributed by atoms with Gasteiger partial charge in [-0.2, -0.15) is 11.8 Å². The van der Waals surface area contributed by atoms with Gasteiger partial charge in [0.05, 0.1) is 0 Å². The Balaban J connectivity index is 0.00000196. The minimum absolute atomic E-state index is 0. The molecule has 1 saturated heterocycles. The van der Waals surface area contributed by atoms with Gasteiger partial charge >= 0.3 is 6.03 Å². The summed E-state index contributed by atoms with van der Waals surface area (Å²) < 4.78 is 0. The number of amides is 2. The molecule has 1 N–H and O–H groups in total. The lowest BCUT2D eigenvalue weighted by molar-refractivity contribution is 0.168. The fraction of sp³-hybridized carbons (Fsp3) is 0.889. The first-order valence-electron chi connectivity index (χ1n) is 4.98. The second kappa shape index (κ2) is 8.07. The first-order valence-corrected chi connectivity index (χ1v) is 6.13.